The lowest BCUT2D eigenvalue weighted by Gasteiger charge is -2.00. The summed E-state index contributed by atoms with van der Waals surface area (Å²) < 4.78 is 0. The number of nitrogens with two attached hydrogens (primary N) is 2. The summed E-state index contributed by atoms with van der Waals surface area (Å²) in [6, 6.07) is -1.41. The van der Waals surface area contributed by atoms with Crippen LogP contribution in [0.5, 0.6) is 0 Å². The zero-order valence-electron chi connectivity index (χ0n) is 9.25. The minimum absolute atomic E-state index is 0.481. The highest BCUT2D eigenvalue weighted by Crippen LogP contribution is 1.93. The Morgan fingerprint density at radius 3 is 1.31 bits per heavy atom. The smallest absolute Gasteiger partial charge is 0.321 e. The van der Waals surface area contributed by atoms with Crippen molar-refractivity contribution in [2.24, 2.45) is 11.5 Å². The fourth-order valence-electron chi connectivity index (χ4n) is 0.502. The van der Waals surface area contributed by atoms with Crippen molar-refractivity contribution in [3.8, 4) is 0 Å². The first-order valence-electron chi connectivity index (χ1n) is 4.31. The minimum atomic E-state index is -0.931. The second kappa shape index (κ2) is 11.1. The lowest BCUT2D eigenvalue weighted by atomic mass is 10.4. The second-order valence-electron chi connectivity index (χ2n) is 2.80. The number of carboxylic acid groups (broad SMARTS) is 2. The second-order valence-corrected chi connectivity index (χ2v) is 4.62. The third-order valence-corrected chi connectivity index (χ3v) is 2.71. The molecular formula is C8H18N2O4S2. The van der Waals surface area contributed by atoms with Gasteiger partial charge in [0.05, 0.1) is 0 Å². The van der Waals surface area contributed by atoms with Crippen LogP contribution in [0.4, 0.5) is 0 Å². The van der Waals surface area contributed by atoms with Gasteiger partial charge in [-0.1, -0.05) is 0 Å². The molecule has 0 aromatic heterocycles. The zero-order valence-corrected chi connectivity index (χ0v) is 10.9. The van der Waals surface area contributed by atoms with E-state index in [2.05, 4.69) is 0 Å². The number of hydrogen-bond donors (Lipinski definition) is 4. The van der Waals surface area contributed by atoms with Crippen LogP contribution in [0, 0.1) is 0 Å². The van der Waals surface area contributed by atoms with Gasteiger partial charge in [0.2, 0.25) is 0 Å². The molecule has 0 rings (SSSR count). The normalized spacial score (nSPS) is 13.2. The zero-order chi connectivity index (χ0) is 13.1. The van der Waals surface area contributed by atoms with Gasteiger partial charge < -0.3 is 21.7 Å². The van der Waals surface area contributed by atoms with Gasteiger partial charge in [-0.3, -0.25) is 9.59 Å². The largest absolute Gasteiger partial charge is 0.480 e. The fraction of sp³-hybridized carbons (Fsp3) is 0.750. The Morgan fingerprint density at radius 1 is 1.00 bits per heavy atom. The first-order chi connectivity index (χ1) is 7.36. The summed E-state index contributed by atoms with van der Waals surface area (Å²) in [5.41, 5.74) is 10.2. The maximum atomic E-state index is 9.95. The highest BCUT2D eigenvalue weighted by atomic mass is 32.2. The molecule has 2 atom stereocenters. The first kappa shape index (κ1) is 17.9. The summed E-state index contributed by atoms with van der Waals surface area (Å²) in [5, 5.41) is 16.3. The molecule has 8 heteroatoms. The van der Waals surface area contributed by atoms with Crippen molar-refractivity contribution in [2.45, 2.75) is 12.1 Å². The summed E-state index contributed by atoms with van der Waals surface area (Å²) in [4.78, 5) is 19.9. The van der Waals surface area contributed by atoms with E-state index in [1.807, 2.05) is 12.5 Å². The Morgan fingerprint density at radius 2 is 1.25 bits per heavy atom. The molecule has 0 aliphatic heterocycles. The van der Waals surface area contributed by atoms with Crippen LogP contribution in [0.25, 0.3) is 0 Å². The van der Waals surface area contributed by atoms with Gasteiger partial charge in [-0.25, -0.2) is 0 Å². The van der Waals surface area contributed by atoms with E-state index in [1.54, 1.807) is 0 Å². The lowest BCUT2D eigenvalue weighted by molar-refractivity contribution is -0.138. The minimum Gasteiger partial charge on any atom is -0.480 e. The number of rotatable bonds is 6. The van der Waals surface area contributed by atoms with Gasteiger partial charge in [0.15, 0.2) is 0 Å². The first-order valence-corrected chi connectivity index (χ1v) is 7.10. The molecule has 0 amide bonds. The molecule has 0 aromatic rings. The Kier molecular flexibility index (Phi) is 12.4. The molecule has 0 saturated carbocycles. The van der Waals surface area contributed by atoms with E-state index < -0.39 is 24.0 Å². The third kappa shape index (κ3) is 11.6. The van der Waals surface area contributed by atoms with E-state index in [0.717, 1.165) is 0 Å². The van der Waals surface area contributed by atoms with Crippen molar-refractivity contribution in [2.75, 3.05) is 24.0 Å². The number of aliphatic carboxylic acids is 2. The van der Waals surface area contributed by atoms with E-state index >= 15 is 0 Å². The predicted molar refractivity (Wildman–Crippen MR) is 68.0 cm³/mol. The molecule has 0 heterocycles. The Labute approximate surface area is 103 Å². The van der Waals surface area contributed by atoms with Crippen molar-refractivity contribution < 1.29 is 19.8 Å². The van der Waals surface area contributed by atoms with Crippen molar-refractivity contribution in [3.63, 3.8) is 0 Å². The Hall–Kier alpha value is -0.440. The van der Waals surface area contributed by atoms with Gasteiger partial charge in [-0.05, 0) is 12.5 Å². The van der Waals surface area contributed by atoms with Crippen LogP contribution in [-0.2, 0) is 9.59 Å². The van der Waals surface area contributed by atoms with Gasteiger partial charge >= 0.3 is 11.9 Å². The molecule has 6 N–H and O–H groups in total. The monoisotopic (exact) mass is 270 g/mol. The molecule has 0 radical (unpaired) electrons. The van der Waals surface area contributed by atoms with E-state index in [1.165, 1.54) is 23.5 Å². The van der Waals surface area contributed by atoms with Crippen molar-refractivity contribution in [1.82, 2.24) is 0 Å². The molecule has 0 aliphatic carbocycles. The summed E-state index contributed by atoms with van der Waals surface area (Å²) in [6.07, 6.45) is 3.64. The van der Waals surface area contributed by atoms with Crippen molar-refractivity contribution in [1.29, 1.82) is 0 Å². The Bertz CT molecular complexity index is 194. The molecule has 0 unspecified atom stereocenters. The van der Waals surface area contributed by atoms with Gasteiger partial charge in [0.25, 0.3) is 0 Å². The van der Waals surface area contributed by atoms with Gasteiger partial charge in [-0.15, -0.1) is 0 Å². The fourth-order valence-corrected chi connectivity index (χ4v) is 1.51. The van der Waals surface area contributed by atoms with Gasteiger partial charge in [-0.2, -0.15) is 23.5 Å². The average Bonchev–Trinajstić information content (AvgIpc) is 2.19. The van der Waals surface area contributed by atoms with E-state index in [4.69, 9.17) is 21.7 Å². The summed E-state index contributed by atoms with van der Waals surface area (Å²) in [6.45, 7) is 0. The Balaban J connectivity index is 0. The van der Waals surface area contributed by atoms with Crippen molar-refractivity contribution >= 4 is 35.5 Å². The van der Waals surface area contributed by atoms with Crippen LogP contribution in [0.15, 0.2) is 0 Å². The third-order valence-electron chi connectivity index (χ3n) is 1.33. The standard InChI is InChI=1S/2C4H9NO2S/c2*1-8-2-3(5)4(6)7/h2*3H,2,5H2,1H3,(H,6,7)/t2*3-/m00/s1. The predicted octanol–water partition coefficient (Wildman–Crippen LogP) is -0.477. The van der Waals surface area contributed by atoms with Crippen LogP contribution in [-0.4, -0.2) is 58.3 Å². The van der Waals surface area contributed by atoms with Crippen LogP contribution in [0.1, 0.15) is 0 Å². The van der Waals surface area contributed by atoms with E-state index in [-0.39, 0.29) is 0 Å². The average molecular weight is 270 g/mol. The number of carbonyl (C=O) groups is 2. The molecule has 96 valence electrons. The van der Waals surface area contributed by atoms with Crippen LogP contribution < -0.4 is 11.5 Å². The quantitative estimate of drug-likeness (QED) is 0.510. The molecule has 6 nitrogen and oxygen atoms in total. The molecule has 0 aromatic carbocycles. The highest BCUT2D eigenvalue weighted by molar-refractivity contribution is 7.98. The van der Waals surface area contributed by atoms with Crippen LogP contribution in [0.2, 0.25) is 0 Å². The van der Waals surface area contributed by atoms with Crippen LogP contribution >= 0.6 is 23.5 Å². The van der Waals surface area contributed by atoms with E-state index in [0.29, 0.717) is 11.5 Å². The molecule has 16 heavy (non-hydrogen) atoms. The summed E-state index contributed by atoms with van der Waals surface area (Å²) in [5.74, 6) is -0.899. The molecule has 0 aliphatic rings. The number of carboxylic acids is 2. The van der Waals surface area contributed by atoms with Gasteiger partial charge in [0, 0.05) is 11.5 Å². The maximum Gasteiger partial charge on any atom is 0.321 e. The van der Waals surface area contributed by atoms with Crippen molar-refractivity contribution in [3.05, 3.63) is 0 Å². The van der Waals surface area contributed by atoms with E-state index in [9.17, 15) is 9.59 Å². The van der Waals surface area contributed by atoms with Crippen LogP contribution in [0.3, 0.4) is 0 Å². The molecule has 0 spiro atoms. The number of thioether (sulfide) groups is 2. The topological polar surface area (TPSA) is 127 Å². The summed E-state index contributed by atoms with van der Waals surface area (Å²) >= 11 is 2.86. The van der Waals surface area contributed by atoms with Gasteiger partial charge in [0.1, 0.15) is 12.1 Å². The summed E-state index contributed by atoms with van der Waals surface area (Å²) in [7, 11) is 0. The lowest BCUT2D eigenvalue weighted by Crippen LogP contribution is -2.32. The number of hydrogen-bond acceptors (Lipinski definition) is 6. The molecule has 0 bridgehead atoms. The molecular weight excluding hydrogens is 252 g/mol. The SMILES string of the molecule is CSC[C@H](N)C(=O)O.CSC[C@H](N)C(=O)O. The molecule has 0 saturated heterocycles. The maximum absolute atomic E-state index is 9.95. The molecule has 0 fully saturated rings. The highest BCUT2D eigenvalue weighted by Gasteiger charge is 2.08.